The van der Waals surface area contributed by atoms with E-state index in [1.807, 2.05) is 13.0 Å². The summed E-state index contributed by atoms with van der Waals surface area (Å²) >= 11 is 0. The van der Waals surface area contributed by atoms with E-state index in [2.05, 4.69) is 15.5 Å². The number of hydrogen-bond donors (Lipinski definition) is 2. The van der Waals surface area contributed by atoms with Crippen LogP contribution in [0.25, 0.3) is 0 Å². The molecule has 2 N–H and O–H groups in total. The van der Waals surface area contributed by atoms with Gasteiger partial charge in [0, 0.05) is 26.2 Å². The second kappa shape index (κ2) is 8.86. The molecule has 0 saturated carbocycles. The first kappa shape index (κ1) is 16.9. The molecule has 1 aromatic rings. The van der Waals surface area contributed by atoms with E-state index in [0.717, 1.165) is 44.6 Å². The third-order valence-corrected chi connectivity index (χ3v) is 4.02. The molecule has 0 aliphatic carbocycles. The minimum absolute atomic E-state index is 0.0453. The van der Waals surface area contributed by atoms with Crippen LogP contribution in [-0.2, 0) is 11.3 Å². The third-order valence-electron chi connectivity index (χ3n) is 4.02. The molecule has 1 saturated heterocycles. The molecule has 0 aromatic heterocycles. The van der Waals surface area contributed by atoms with Gasteiger partial charge in [0.1, 0.15) is 5.82 Å². The summed E-state index contributed by atoms with van der Waals surface area (Å²) in [6.45, 7) is 6.88. The number of rotatable bonds is 7. The Labute approximate surface area is 132 Å². The van der Waals surface area contributed by atoms with Crippen molar-refractivity contribution in [1.29, 1.82) is 0 Å². The molecule has 1 aliphatic rings. The van der Waals surface area contributed by atoms with Crippen LogP contribution in [0.4, 0.5) is 4.39 Å². The second-order valence-electron chi connectivity index (χ2n) is 5.85. The van der Waals surface area contributed by atoms with Crippen LogP contribution in [0.2, 0.25) is 0 Å². The van der Waals surface area contributed by atoms with Gasteiger partial charge >= 0.3 is 0 Å². The molecule has 22 heavy (non-hydrogen) atoms. The summed E-state index contributed by atoms with van der Waals surface area (Å²) in [5.74, 6) is -0.0157. The Morgan fingerprint density at radius 3 is 3.05 bits per heavy atom. The monoisotopic (exact) mass is 307 g/mol. The molecule has 1 aliphatic heterocycles. The van der Waals surface area contributed by atoms with Crippen molar-refractivity contribution in [3.8, 4) is 0 Å². The fraction of sp³-hybridized carbons (Fsp3) is 0.588. The zero-order valence-corrected chi connectivity index (χ0v) is 13.3. The van der Waals surface area contributed by atoms with Crippen molar-refractivity contribution >= 4 is 5.91 Å². The Morgan fingerprint density at radius 1 is 1.41 bits per heavy atom. The second-order valence-corrected chi connectivity index (χ2v) is 5.85. The van der Waals surface area contributed by atoms with Gasteiger partial charge in [-0.05, 0) is 43.6 Å². The standard InChI is InChI=1S/C17H26FN3O/c1-2-19-8-9-20-17(22)15-6-4-10-21(13-15)12-14-5-3-7-16(18)11-14/h3,5,7,11,15,19H,2,4,6,8-10,12-13H2,1H3,(H,20,22). The van der Waals surface area contributed by atoms with E-state index >= 15 is 0 Å². The number of amides is 1. The summed E-state index contributed by atoms with van der Waals surface area (Å²) in [4.78, 5) is 14.4. The number of halogens is 1. The summed E-state index contributed by atoms with van der Waals surface area (Å²) in [6, 6.07) is 6.70. The van der Waals surface area contributed by atoms with Gasteiger partial charge in [-0.3, -0.25) is 9.69 Å². The lowest BCUT2D eigenvalue weighted by molar-refractivity contribution is -0.126. The molecule has 1 amide bonds. The van der Waals surface area contributed by atoms with Crippen molar-refractivity contribution < 1.29 is 9.18 Å². The van der Waals surface area contributed by atoms with Gasteiger partial charge in [-0.2, -0.15) is 0 Å². The first-order chi connectivity index (χ1) is 10.7. The predicted octanol–water partition coefficient (Wildman–Crippen LogP) is 1.76. The summed E-state index contributed by atoms with van der Waals surface area (Å²) in [5, 5.41) is 6.19. The largest absolute Gasteiger partial charge is 0.355 e. The number of piperidine rings is 1. The van der Waals surface area contributed by atoms with Gasteiger partial charge in [-0.1, -0.05) is 19.1 Å². The zero-order valence-electron chi connectivity index (χ0n) is 13.3. The molecule has 5 heteroatoms. The maximum absolute atomic E-state index is 13.2. The smallest absolute Gasteiger partial charge is 0.224 e. The first-order valence-corrected chi connectivity index (χ1v) is 8.14. The zero-order chi connectivity index (χ0) is 15.8. The van der Waals surface area contributed by atoms with E-state index < -0.39 is 0 Å². The molecule has 4 nitrogen and oxygen atoms in total. The lowest BCUT2D eigenvalue weighted by Gasteiger charge is -2.32. The Kier molecular flexibility index (Phi) is 6.80. The number of carbonyl (C=O) groups excluding carboxylic acids is 1. The van der Waals surface area contributed by atoms with Gasteiger partial charge in [-0.15, -0.1) is 0 Å². The highest BCUT2D eigenvalue weighted by Gasteiger charge is 2.25. The third kappa shape index (κ3) is 5.39. The molecule has 1 heterocycles. The fourth-order valence-electron chi connectivity index (χ4n) is 2.90. The summed E-state index contributed by atoms with van der Waals surface area (Å²) < 4.78 is 13.2. The molecule has 1 unspecified atom stereocenters. The first-order valence-electron chi connectivity index (χ1n) is 8.14. The average molecular weight is 307 g/mol. The van der Waals surface area contributed by atoms with Crippen molar-refractivity contribution in [2.24, 2.45) is 5.92 Å². The number of likely N-dealkylation sites (tertiary alicyclic amines) is 1. The van der Waals surface area contributed by atoms with Crippen molar-refractivity contribution in [2.75, 3.05) is 32.7 Å². The van der Waals surface area contributed by atoms with Crippen molar-refractivity contribution in [2.45, 2.75) is 26.3 Å². The number of benzene rings is 1. The van der Waals surface area contributed by atoms with E-state index in [9.17, 15) is 9.18 Å². The highest BCUT2D eigenvalue weighted by molar-refractivity contribution is 5.78. The topological polar surface area (TPSA) is 44.4 Å². The number of hydrogen-bond acceptors (Lipinski definition) is 3. The minimum Gasteiger partial charge on any atom is -0.355 e. The normalized spacial score (nSPS) is 19.1. The van der Waals surface area contributed by atoms with Gasteiger partial charge in [0.2, 0.25) is 5.91 Å². The van der Waals surface area contributed by atoms with E-state index in [1.165, 1.54) is 6.07 Å². The van der Waals surface area contributed by atoms with E-state index in [0.29, 0.717) is 13.1 Å². The molecule has 122 valence electrons. The van der Waals surface area contributed by atoms with Crippen LogP contribution in [0.5, 0.6) is 0 Å². The van der Waals surface area contributed by atoms with Crippen LogP contribution in [0.15, 0.2) is 24.3 Å². The predicted molar refractivity (Wildman–Crippen MR) is 86.0 cm³/mol. The van der Waals surface area contributed by atoms with Crippen LogP contribution in [0, 0.1) is 11.7 Å². The Balaban J connectivity index is 1.79. The van der Waals surface area contributed by atoms with Gasteiger partial charge in [-0.25, -0.2) is 4.39 Å². The Hall–Kier alpha value is -1.46. The van der Waals surface area contributed by atoms with E-state index in [1.54, 1.807) is 12.1 Å². The lowest BCUT2D eigenvalue weighted by atomic mass is 9.96. The maximum atomic E-state index is 13.2. The molecule has 1 atom stereocenters. The summed E-state index contributed by atoms with van der Waals surface area (Å²) in [7, 11) is 0. The number of carbonyl (C=O) groups is 1. The summed E-state index contributed by atoms with van der Waals surface area (Å²) in [6.07, 6.45) is 1.95. The number of nitrogens with zero attached hydrogens (tertiary/aromatic N) is 1. The van der Waals surface area contributed by atoms with Gasteiger partial charge in [0.15, 0.2) is 0 Å². The van der Waals surface area contributed by atoms with Crippen LogP contribution in [0.3, 0.4) is 0 Å². The molecule has 2 rings (SSSR count). The van der Waals surface area contributed by atoms with E-state index in [-0.39, 0.29) is 17.6 Å². The highest BCUT2D eigenvalue weighted by Crippen LogP contribution is 2.19. The molecule has 1 fully saturated rings. The quantitative estimate of drug-likeness (QED) is 0.755. The molecule has 0 spiro atoms. The van der Waals surface area contributed by atoms with Gasteiger partial charge in [0.25, 0.3) is 0 Å². The average Bonchev–Trinajstić information content (AvgIpc) is 2.52. The number of likely N-dealkylation sites (N-methyl/N-ethyl adjacent to an activating group) is 1. The number of nitrogens with one attached hydrogen (secondary N) is 2. The molecule has 1 aromatic carbocycles. The van der Waals surface area contributed by atoms with Crippen LogP contribution in [-0.4, -0.2) is 43.5 Å². The fourth-order valence-corrected chi connectivity index (χ4v) is 2.90. The van der Waals surface area contributed by atoms with Gasteiger partial charge in [0.05, 0.1) is 5.92 Å². The SMILES string of the molecule is CCNCCNC(=O)C1CCCN(Cc2cccc(F)c2)C1. The van der Waals surface area contributed by atoms with E-state index in [4.69, 9.17) is 0 Å². The van der Waals surface area contributed by atoms with Crippen molar-refractivity contribution in [3.63, 3.8) is 0 Å². The van der Waals surface area contributed by atoms with Crippen LogP contribution >= 0.6 is 0 Å². The Bertz CT molecular complexity index is 481. The minimum atomic E-state index is -0.202. The molecule has 0 radical (unpaired) electrons. The maximum Gasteiger partial charge on any atom is 0.224 e. The highest BCUT2D eigenvalue weighted by atomic mass is 19.1. The summed E-state index contributed by atoms with van der Waals surface area (Å²) in [5.41, 5.74) is 0.966. The van der Waals surface area contributed by atoms with Crippen molar-refractivity contribution in [3.05, 3.63) is 35.6 Å². The molecule has 0 bridgehead atoms. The molecular formula is C17H26FN3O. The Morgan fingerprint density at radius 2 is 2.27 bits per heavy atom. The molecular weight excluding hydrogens is 281 g/mol. The van der Waals surface area contributed by atoms with Crippen LogP contribution in [0.1, 0.15) is 25.3 Å². The lowest BCUT2D eigenvalue weighted by Crippen LogP contribution is -2.44. The van der Waals surface area contributed by atoms with Crippen molar-refractivity contribution in [1.82, 2.24) is 15.5 Å². The van der Waals surface area contributed by atoms with Crippen LogP contribution < -0.4 is 10.6 Å². The van der Waals surface area contributed by atoms with Gasteiger partial charge < -0.3 is 10.6 Å².